The molecule has 4 unspecified atom stereocenters. The van der Waals surface area contributed by atoms with Crippen molar-refractivity contribution in [2.45, 2.75) is 18.9 Å². The maximum atomic E-state index is 3.64. The predicted octanol–water partition coefficient (Wildman–Crippen LogP) is 0.204. The van der Waals surface area contributed by atoms with Crippen LogP contribution >= 0.6 is 0 Å². The highest BCUT2D eigenvalue weighted by Crippen LogP contribution is 2.70. The van der Waals surface area contributed by atoms with Gasteiger partial charge in [0.25, 0.3) is 0 Å². The van der Waals surface area contributed by atoms with E-state index >= 15 is 0 Å². The van der Waals surface area contributed by atoms with E-state index in [1.54, 1.807) is 6.42 Å². The zero-order valence-corrected chi connectivity index (χ0v) is 7.34. The molecule has 0 aromatic carbocycles. The van der Waals surface area contributed by atoms with Gasteiger partial charge < -0.3 is 10.6 Å². The number of nitrogens with one attached hydrogen (secondary N) is 2. The van der Waals surface area contributed by atoms with Gasteiger partial charge >= 0.3 is 0 Å². The fourth-order valence-electron chi connectivity index (χ4n) is 4.11. The van der Waals surface area contributed by atoms with Crippen molar-refractivity contribution in [1.29, 1.82) is 0 Å². The van der Waals surface area contributed by atoms with E-state index in [0.717, 1.165) is 29.2 Å². The summed E-state index contributed by atoms with van der Waals surface area (Å²) in [5.74, 6) is 3.22. The molecule has 0 bridgehead atoms. The molecule has 0 radical (unpaired) electrons. The summed E-state index contributed by atoms with van der Waals surface area (Å²) in [5, 5.41) is 7.19. The van der Waals surface area contributed by atoms with Crippen LogP contribution in [0.5, 0.6) is 0 Å². The van der Waals surface area contributed by atoms with E-state index in [1.807, 2.05) is 0 Å². The molecule has 4 aliphatic rings. The first-order valence-electron chi connectivity index (χ1n) is 5.36. The topological polar surface area (TPSA) is 24.1 Å². The van der Waals surface area contributed by atoms with Crippen LogP contribution in [0.25, 0.3) is 0 Å². The molecule has 2 heteroatoms. The van der Waals surface area contributed by atoms with Crippen LogP contribution in [-0.2, 0) is 0 Å². The van der Waals surface area contributed by atoms with Crippen molar-refractivity contribution < 1.29 is 0 Å². The molecule has 0 spiro atoms. The molecule has 2 saturated carbocycles. The lowest BCUT2D eigenvalue weighted by atomic mass is 9.96. The van der Waals surface area contributed by atoms with Gasteiger partial charge in [0.2, 0.25) is 0 Å². The third-order valence-corrected chi connectivity index (χ3v) is 4.81. The molecule has 2 aliphatic carbocycles. The average molecular weight is 164 g/mol. The third kappa shape index (κ3) is 0.549. The third-order valence-electron chi connectivity index (χ3n) is 4.81. The van der Waals surface area contributed by atoms with Gasteiger partial charge in [0, 0.05) is 12.6 Å². The predicted molar refractivity (Wildman–Crippen MR) is 46.8 cm³/mol. The standard InChI is InChI=1S/C10H16N2/c1-2-12-9-7(1)8(9)10-3-6(10)4-11-5-10/h6-9,11-12H,1-5H2/t6?,7?,8?,9-,10?/m1/s1. The van der Waals surface area contributed by atoms with Gasteiger partial charge in [-0.25, -0.2) is 0 Å². The number of piperidine rings is 2. The molecule has 4 rings (SSSR count). The van der Waals surface area contributed by atoms with E-state index in [-0.39, 0.29) is 0 Å². The van der Waals surface area contributed by atoms with Crippen LogP contribution in [0.15, 0.2) is 0 Å². The molecular formula is C10H16N2. The van der Waals surface area contributed by atoms with Crippen LogP contribution in [0.3, 0.4) is 0 Å². The minimum absolute atomic E-state index is 0.794. The van der Waals surface area contributed by atoms with E-state index in [2.05, 4.69) is 10.6 Å². The Morgan fingerprint density at radius 1 is 1.33 bits per heavy atom. The largest absolute Gasteiger partial charge is 0.316 e. The van der Waals surface area contributed by atoms with E-state index < -0.39 is 0 Å². The maximum Gasteiger partial charge on any atom is 0.0137 e. The first-order chi connectivity index (χ1) is 5.92. The molecule has 0 amide bonds. The molecule has 0 aromatic heterocycles. The Morgan fingerprint density at radius 3 is 2.92 bits per heavy atom. The summed E-state index contributed by atoms with van der Waals surface area (Å²) in [4.78, 5) is 0. The van der Waals surface area contributed by atoms with Crippen LogP contribution in [0.4, 0.5) is 0 Å². The molecule has 2 N–H and O–H groups in total. The molecule has 5 atom stereocenters. The van der Waals surface area contributed by atoms with Gasteiger partial charge in [0.05, 0.1) is 0 Å². The van der Waals surface area contributed by atoms with Crippen molar-refractivity contribution >= 4 is 0 Å². The Hall–Kier alpha value is -0.0800. The second-order valence-electron chi connectivity index (χ2n) is 5.22. The number of fused-ring (bicyclic) bond motifs is 2. The van der Waals surface area contributed by atoms with Gasteiger partial charge in [0.15, 0.2) is 0 Å². The van der Waals surface area contributed by atoms with Crippen LogP contribution < -0.4 is 10.6 Å². The summed E-state index contributed by atoms with van der Waals surface area (Å²) in [7, 11) is 0. The molecule has 66 valence electrons. The highest BCUT2D eigenvalue weighted by Gasteiger charge is 2.72. The lowest BCUT2D eigenvalue weighted by Crippen LogP contribution is -2.24. The summed E-state index contributed by atoms with van der Waals surface area (Å²) in [6.45, 7) is 3.94. The molecule has 4 fully saturated rings. The number of rotatable bonds is 1. The second-order valence-corrected chi connectivity index (χ2v) is 5.22. The van der Waals surface area contributed by atoms with Crippen LogP contribution in [-0.4, -0.2) is 25.7 Å². The average Bonchev–Trinajstić information content (AvgIpc) is 2.85. The second kappa shape index (κ2) is 1.73. The fraction of sp³-hybridized carbons (Fsp3) is 1.00. The Morgan fingerprint density at radius 2 is 2.33 bits per heavy atom. The maximum absolute atomic E-state index is 3.64. The summed E-state index contributed by atoms with van der Waals surface area (Å²) < 4.78 is 0. The molecule has 2 heterocycles. The molecule has 2 nitrogen and oxygen atoms in total. The van der Waals surface area contributed by atoms with Gasteiger partial charge in [-0.3, -0.25) is 0 Å². The lowest BCUT2D eigenvalue weighted by Gasteiger charge is -2.13. The molecular weight excluding hydrogens is 148 g/mol. The van der Waals surface area contributed by atoms with Crippen LogP contribution in [0.2, 0.25) is 0 Å². The SMILES string of the molecule is C1CC2C(C34CNCC3C4)[C@@H]2N1. The molecule has 2 saturated heterocycles. The van der Waals surface area contributed by atoms with Gasteiger partial charge in [-0.15, -0.1) is 0 Å². The Balaban J connectivity index is 1.61. The zero-order chi connectivity index (χ0) is 7.76. The summed E-state index contributed by atoms with van der Waals surface area (Å²) in [6.07, 6.45) is 3.00. The minimum atomic E-state index is 0.794. The highest BCUT2D eigenvalue weighted by atomic mass is 15.1. The van der Waals surface area contributed by atoms with E-state index in [9.17, 15) is 0 Å². The first kappa shape index (κ1) is 6.39. The van der Waals surface area contributed by atoms with Crippen LogP contribution in [0.1, 0.15) is 12.8 Å². The first-order valence-corrected chi connectivity index (χ1v) is 5.36. The molecule has 2 aliphatic heterocycles. The number of hydrogen-bond acceptors (Lipinski definition) is 2. The zero-order valence-electron chi connectivity index (χ0n) is 7.34. The van der Waals surface area contributed by atoms with E-state index in [1.165, 1.54) is 26.1 Å². The Kier molecular flexibility index (Phi) is 0.921. The normalized spacial score (nSPS) is 66.0. The van der Waals surface area contributed by atoms with Gasteiger partial charge in [-0.05, 0) is 49.1 Å². The molecule has 0 aromatic rings. The molecule has 12 heavy (non-hydrogen) atoms. The van der Waals surface area contributed by atoms with Crippen molar-refractivity contribution in [1.82, 2.24) is 10.6 Å². The minimum Gasteiger partial charge on any atom is -0.316 e. The summed E-state index contributed by atoms with van der Waals surface area (Å²) in [6, 6.07) is 0.940. The fourth-order valence-corrected chi connectivity index (χ4v) is 4.11. The van der Waals surface area contributed by atoms with Crippen LogP contribution in [0, 0.1) is 23.2 Å². The van der Waals surface area contributed by atoms with Gasteiger partial charge in [-0.2, -0.15) is 0 Å². The monoisotopic (exact) mass is 164 g/mol. The van der Waals surface area contributed by atoms with Crippen molar-refractivity contribution in [2.24, 2.45) is 23.2 Å². The van der Waals surface area contributed by atoms with Crippen molar-refractivity contribution in [3.63, 3.8) is 0 Å². The quantitative estimate of drug-likeness (QED) is 0.578. The smallest absolute Gasteiger partial charge is 0.0137 e. The Labute approximate surface area is 73.1 Å². The van der Waals surface area contributed by atoms with E-state index in [0.29, 0.717) is 0 Å². The van der Waals surface area contributed by atoms with Crippen molar-refractivity contribution in [3.05, 3.63) is 0 Å². The summed E-state index contributed by atoms with van der Waals surface area (Å²) >= 11 is 0. The highest BCUT2D eigenvalue weighted by molar-refractivity contribution is 5.24. The number of hydrogen-bond donors (Lipinski definition) is 2. The summed E-state index contributed by atoms with van der Waals surface area (Å²) in [5.41, 5.74) is 0.794. The van der Waals surface area contributed by atoms with Crippen molar-refractivity contribution in [3.8, 4) is 0 Å². The van der Waals surface area contributed by atoms with E-state index in [4.69, 9.17) is 0 Å². The van der Waals surface area contributed by atoms with Gasteiger partial charge in [0.1, 0.15) is 0 Å². The van der Waals surface area contributed by atoms with Gasteiger partial charge in [-0.1, -0.05) is 0 Å². The van der Waals surface area contributed by atoms with Crippen molar-refractivity contribution in [2.75, 3.05) is 19.6 Å². The Bertz CT molecular complexity index is 230. The lowest BCUT2D eigenvalue weighted by molar-refractivity contribution is 0.383.